The first kappa shape index (κ1) is 105. The maximum absolute atomic E-state index is 13.6. The van der Waals surface area contributed by atoms with Gasteiger partial charge < -0.3 is 93.6 Å². The maximum Gasteiger partial charge on any atom is 0.290 e. The van der Waals surface area contributed by atoms with Crippen LogP contribution in [0.4, 0.5) is 0 Å². The van der Waals surface area contributed by atoms with E-state index in [1.54, 1.807) is 28.9 Å². The lowest BCUT2D eigenvalue weighted by molar-refractivity contribution is -0.130. The molecule has 139 heavy (non-hydrogen) atoms. The van der Waals surface area contributed by atoms with Crippen LogP contribution in [0, 0.1) is 0 Å². The standard InChI is InChI=1S/C32H34N4O3.C27H34N4O5.2C27H34N4O/c1-24(37)36(20-26-14-12-25(13-15-26)19-35-32(33)34)21-29-16-17-30(38-22-27-8-4-2-5-9-27)31(18-29)39-23-28-10-6-3-7-11-28;1-4-33-23-15-25(35-6-3)24(34-5-2)14-21(23)18-31(26(32)22-8-7-13-36-22)17-20-11-9-19(10-12-20)16-30-27(28)29;1-27(2,3)22-15-13-20(14-16-22)19-31(18-7-6-17-30-26(28)29)25(32)24-12-8-10-21-9-4-5-11-23(21)24;1-27(2,3)24-14-10-20(11-15-24)19-31(17-7-6-16-30-26(28)29)25(32)23-13-12-21-8-4-5-9-22(21)18-23/h2-18H,19-23H2,1H3,(H4,33,34,35);7-15H,4-6,16-18H2,1-3H3,(H4,28,29,30);4-5,8-16H,6-7,17-19H2,1-3H3,(H4,28,29,30);4-5,8-15,18H,6-7,16-17,19H2,1-3H3,(H4,28,29,30). The molecule has 0 saturated heterocycles. The van der Waals surface area contributed by atoms with Crippen LogP contribution in [0.25, 0.3) is 21.5 Å². The van der Waals surface area contributed by atoms with E-state index < -0.39 is 0 Å². The summed E-state index contributed by atoms with van der Waals surface area (Å²) in [5.74, 6) is 3.54. The van der Waals surface area contributed by atoms with Crippen molar-refractivity contribution >= 4 is 69.0 Å². The lowest BCUT2D eigenvalue weighted by atomic mass is 9.86. The smallest absolute Gasteiger partial charge is 0.290 e. The van der Waals surface area contributed by atoms with Gasteiger partial charge in [-0.05, 0) is 189 Å². The number of benzene rings is 12. The first-order valence-electron chi connectivity index (χ1n) is 47.1. The minimum atomic E-state index is -0.237. The highest BCUT2D eigenvalue weighted by molar-refractivity contribution is 6.07. The van der Waals surface area contributed by atoms with E-state index in [9.17, 15) is 19.2 Å². The number of carbonyl (C=O) groups excluding carboxylic acids is 4. The van der Waals surface area contributed by atoms with Crippen LogP contribution < -0.4 is 69.6 Å². The first-order chi connectivity index (χ1) is 66.9. The van der Waals surface area contributed by atoms with E-state index in [1.807, 2.05) is 249 Å². The van der Waals surface area contributed by atoms with Gasteiger partial charge in [0.15, 0.2) is 52.6 Å². The van der Waals surface area contributed by atoms with E-state index in [1.165, 1.54) is 17.4 Å². The van der Waals surface area contributed by atoms with E-state index in [0.29, 0.717) is 139 Å². The minimum absolute atomic E-state index is 0.0178. The molecule has 0 atom stereocenters. The Hall–Kier alpha value is -15.6. The average molecular weight is 1880 g/mol. The van der Waals surface area contributed by atoms with Crippen LogP contribution in [-0.4, -0.2) is 113 Å². The largest absolute Gasteiger partial charge is 0.493 e. The lowest BCUT2D eigenvalue weighted by Gasteiger charge is -2.25. The summed E-state index contributed by atoms with van der Waals surface area (Å²) in [6.45, 7) is 28.7. The number of amides is 4. The molecule has 12 aromatic carbocycles. The highest BCUT2D eigenvalue weighted by Gasteiger charge is 2.26. The van der Waals surface area contributed by atoms with Crippen molar-refractivity contribution in [3.8, 4) is 28.7 Å². The van der Waals surface area contributed by atoms with Crippen LogP contribution in [0.1, 0.15) is 193 Å². The summed E-state index contributed by atoms with van der Waals surface area (Å²) < 4.78 is 35.2. The molecular formula is C113H136N16O10. The van der Waals surface area contributed by atoms with Gasteiger partial charge in [-0.1, -0.05) is 272 Å². The Bertz CT molecular complexity index is 6160. The fourth-order valence-electron chi connectivity index (χ4n) is 15.2. The van der Waals surface area contributed by atoms with Crippen molar-refractivity contribution in [1.82, 2.24) is 19.6 Å². The predicted molar refractivity (Wildman–Crippen MR) is 560 cm³/mol. The Labute approximate surface area is 818 Å². The van der Waals surface area contributed by atoms with Crippen molar-refractivity contribution in [2.45, 2.75) is 171 Å². The topological polar surface area (TPSA) is 398 Å². The number of hydrogen-bond donors (Lipinski definition) is 8. The normalized spacial score (nSPS) is 10.9. The van der Waals surface area contributed by atoms with Crippen molar-refractivity contribution in [3.05, 3.63) is 375 Å². The molecule has 26 heteroatoms. The molecule has 13 aromatic rings. The molecule has 16 N–H and O–H groups in total. The number of ether oxygens (including phenoxy) is 5. The van der Waals surface area contributed by atoms with Crippen LogP contribution in [0.15, 0.2) is 316 Å². The molecule has 26 nitrogen and oxygen atoms in total. The van der Waals surface area contributed by atoms with Crippen LogP contribution in [0.5, 0.6) is 28.7 Å². The Kier molecular flexibility index (Phi) is 40.7. The van der Waals surface area contributed by atoms with Crippen molar-refractivity contribution in [3.63, 3.8) is 0 Å². The number of carbonyl (C=O) groups is 4. The van der Waals surface area contributed by atoms with Crippen molar-refractivity contribution in [1.29, 1.82) is 0 Å². The number of nitrogens with zero attached hydrogens (tertiary/aromatic N) is 8. The van der Waals surface area contributed by atoms with Crippen LogP contribution >= 0.6 is 0 Å². The van der Waals surface area contributed by atoms with Gasteiger partial charge in [0.1, 0.15) is 19.0 Å². The molecule has 1 heterocycles. The summed E-state index contributed by atoms with van der Waals surface area (Å²) in [5, 5.41) is 4.25. The molecule has 0 fully saturated rings. The molecule has 4 amide bonds. The van der Waals surface area contributed by atoms with Crippen LogP contribution in [0.2, 0.25) is 0 Å². The molecule has 0 spiro atoms. The highest BCUT2D eigenvalue weighted by Crippen LogP contribution is 2.38. The van der Waals surface area contributed by atoms with Crippen molar-refractivity contribution in [2.24, 2.45) is 65.8 Å². The summed E-state index contributed by atoms with van der Waals surface area (Å²) in [6.07, 6.45) is 4.78. The lowest BCUT2D eigenvalue weighted by Crippen LogP contribution is -2.32. The summed E-state index contributed by atoms with van der Waals surface area (Å²) in [6, 6.07) is 93.7. The number of guanidine groups is 4. The van der Waals surface area contributed by atoms with E-state index in [4.69, 9.17) is 74.0 Å². The Morgan fingerprint density at radius 1 is 0.324 bits per heavy atom. The zero-order valence-electron chi connectivity index (χ0n) is 81.8. The minimum Gasteiger partial charge on any atom is -0.493 e. The van der Waals surface area contributed by atoms with E-state index in [2.05, 4.69) is 116 Å². The summed E-state index contributed by atoms with van der Waals surface area (Å²) >= 11 is 0. The molecule has 1 aromatic heterocycles. The van der Waals surface area contributed by atoms with Gasteiger partial charge >= 0.3 is 0 Å². The third-order valence-corrected chi connectivity index (χ3v) is 22.6. The molecule has 728 valence electrons. The predicted octanol–water partition coefficient (Wildman–Crippen LogP) is 18.9. The zero-order valence-corrected chi connectivity index (χ0v) is 81.8. The Balaban J connectivity index is 0.000000192. The summed E-state index contributed by atoms with van der Waals surface area (Å²) in [4.78, 5) is 76.5. The van der Waals surface area contributed by atoms with Crippen LogP contribution in [-0.2, 0) is 81.2 Å². The number of rotatable bonds is 41. The molecule has 0 radical (unpaired) electrons. The molecular weight excluding hydrogens is 1740 g/mol. The molecule has 13 rings (SSSR count). The van der Waals surface area contributed by atoms with E-state index >= 15 is 0 Å². The third kappa shape index (κ3) is 34.6. The second-order valence-corrected chi connectivity index (χ2v) is 35.6. The molecule has 0 saturated carbocycles. The number of nitrogens with two attached hydrogens (primary N) is 8. The van der Waals surface area contributed by atoms with E-state index in [0.717, 1.165) is 108 Å². The molecule has 0 unspecified atom stereocenters. The monoisotopic (exact) mass is 1880 g/mol. The Morgan fingerprint density at radius 2 is 0.741 bits per heavy atom. The van der Waals surface area contributed by atoms with Gasteiger partial charge in [0.25, 0.3) is 17.7 Å². The van der Waals surface area contributed by atoms with E-state index in [-0.39, 0.29) is 70.6 Å². The average Bonchev–Trinajstić information content (AvgIpc) is 1.26. The second kappa shape index (κ2) is 53.6. The van der Waals surface area contributed by atoms with Gasteiger partial charge in [0, 0.05) is 88.6 Å². The summed E-state index contributed by atoms with van der Waals surface area (Å²) in [5.41, 5.74) is 57.6. The number of furan rings is 1. The molecule has 0 aliphatic rings. The third-order valence-electron chi connectivity index (χ3n) is 22.6. The van der Waals surface area contributed by atoms with Gasteiger partial charge in [-0.25, -0.2) is 9.98 Å². The Morgan fingerprint density at radius 3 is 1.23 bits per heavy atom. The zero-order chi connectivity index (χ0) is 99.6. The number of hydrogen-bond acceptors (Lipinski definition) is 14. The van der Waals surface area contributed by atoms with Crippen molar-refractivity contribution in [2.75, 3.05) is 46.0 Å². The quantitative estimate of drug-likeness (QED) is 0.0100. The number of aliphatic imine (C=N–C) groups is 4. The SMILES string of the molecule is CC(=O)N(Cc1ccc(CN=C(N)N)cc1)Cc1ccc(OCc2ccccc2)c(OCc2ccccc2)c1.CC(C)(C)c1ccc(CN(CCCCN=C(N)N)C(=O)c2ccc3ccccc3c2)cc1.CC(C)(C)c1ccc(CN(CCCCN=C(N)N)C(=O)c2cccc3ccccc23)cc1.CCOc1cc(OCC)c(OCC)cc1CN(Cc1ccc(CN=C(N)N)cc1)C(=O)c1ccco1. The van der Waals surface area contributed by atoms with Crippen LogP contribution in [0.3, 0.4) is 0 Å². The van der Waals surface area contributed by atoms with Crippen molar-refractivity contribution < 1.29 is 47.3 Å². The van der Waals surface area contributed by atoms with Gasteiger partial charge in [-0.2, -0.15) is 0 Å². The molecule has 0 aliphatic heterocycles. The number of unbranched alkanes of at least 4 members (excludes halogenated alkanes) is 2. The maximum atomic E-state index is 13.6. The van der Waals surface area contributed by atoms with Gasteiger partial charge in [0.05, 0.1) is 45.7 Å². The molecule has 0 aliphatic carbocycles. The van der Waals surface area contributed by atoms with Gasteiger partial charge in [0.2, 0.25) is 5.91 Å². The fraction of sp³-hybridized carbons (Fsp3) is 0.292. The van der Waals surface area contributed by atoms with Gasteiger partial charge in [-0.15, -0.1) is 0 Å². The second-order valence-electron chi connectivity index (χ2n) is 35.6. The summed E-state index contributed by atoms with van der Waals surface area (Å²) in [7, 11) is 0. The fourth-order valence-corrected chi connectivity index (χ4v) is 15.2. The molecule has 0 bridgehead atoms. The van der Waals surface area contributed by atoms with Gasteiger partial charge in [-0.3, -0.25) is 29.2 Å². The highest BCUT2D eigenvalue weighted by atomic mass is 16.5. The first-order valence-corrected chi connectivity index (χ1v) is 47.1. The number of fused-ring (bicyclic) bond motifs is 2.